The highest BCUT2D eigenvalue weighted by atomic mass is 35.5. The van der Waals surface area contributed by atoms with Crippen LogP contribution in [0.2, 0.25) is 5.02 Å². The maximum absolute atomic E-state index is 15.5. The molecule has 4 aromatic carbocycles. The van der Waals surface area contributed by atoms with Crippen LogP contribution in [0.1, 0.15) is 53.1 Å². The van der Waals surface area contributed by atoms with Crippen LogP contribution in [-0.4, -0.2) is 49.7 Å². The summed E-state index contributed by atoms with van der Waals surface area (Å²) in [5, 5.41) is 10.6. The van der Waals surface area contributed by atoms with Crippen LogP contribution in [-0.2, 0) is 40.8 Å². The van der Waals surface area contributed by atoms with Gasteiger partial charge in [-0.1, -0.05) is 35.9 Å². The maximum atomic E-state index is 15.5. The summed E-state index contributed by atoms with van der Waals surface area (Å²) in [6.45, 7) is -1.01. The molecule has 2 aliphatic carbocycles. The van der Waals surface area contributed by atoms with Crippen molar-refractivity contribution < 1.29 is 43.9 Å². The van der Waals surface area contributed by atoms with E-state index in [1.165, 1.54) is 60.3 Å². The van der Waals surface area contributed by atoms with Crippen LogP contribution in [0.4, 0.5) is 36.6 Å². The number of benzene rings is 4. The summed E-state index contributed by atoms with van der Waals surface area (Å²) >= 11 is 6.61. The molecular weight excluding hydrogens is 869 g/mol. The zero-order chi connectivity index (χ0) is 44.2. The molecule has 0 aliphatic heterocycles. The van der Waals surface area contributed by atoms with E-state index < -0.39 is 93.5 Å². The summed E-state index contributed by atoms with van der Waals surface area (Å²) in [7, 11) is -2.50. The second-order valence-electron chi connectivity index (χ2n) is 15.2. The molecule has 2 unspecified atom stereocenters. The molecule has 3 atom stereocenters. The fraction of sp³-hybridized carbons (Fsp3) is 0.244. The van der Waals surface area contributed by atoms with Crippen molar-refractivity contribution in [3.8, 4) is 16.8 Å². The Bertz CT molecular complexity index is 3190. The number of sulfonamides is 1. The SMILES string of the molecule is Cn1nc(NS(C)(=O)=O)c2c(Cl)ccc(-n3c(C(Cc4cc(F)cc(F)c4)NC(=O)Cn4nc(C(F)F)c5c4C(F)(F)[C@@H]4CC54)nc4cc(-c5ccccc5F)ccc4c3=O)c21. The number of amides is 1. The van der Waals surface area contributed by atoms with Gasteiger partial charge in [-0.15, -0.1) is 0 Å². The zero-order valence-electron chi connectivity index (χ0n) is 32.1. The molecule has 2 N–H and O–H groups in total. The topological polar surface area (TPSA) is 146 Å². The van der Waals surface area contributed by atoms with E-state index in [4.69, 9.17) is 16.6 Å². The summed E-state index contributed by atoms with van der Waals surface area (Å²) in [6, 6.07) is 13.7. The first kappa shape index (κ1) is 41.1. The number of fused-ring (bicyclic) bond motifs is 5. The van der Waals surface area contributed by atoms with E-state index in [1.54, 1.807) is 6.07 Å². The van der Waals surface area contributed by atoms with Crippen LogP contribution in [0, 0.1) is 23.4 Å². The van der Waals surface area contributed by atoms with Gasteiger partial charge in [0.1, 0.15) is 41.2 Å². The van der Waals surface area contributed by atoms with Crippen molar-refractivity contribution in [2.24, 2.45) is 13.0 Å². The van der Waals surface area contributed by atoms with Crippen LogP contribution >= 0.6 is 11.6 Å². The van der Waals surface area contributed by atoms with Crippen molar-refractivity contribution in [3.05, 3.63) is 134 Å². The lowest BCUT2D eigenvalue weighted by Crippen LogP contribution is -2.38. The molecular formula is C41H30ClF7N8O4S. The van der Waals surface area contributed by atoms with Crippen LogP contribution in [0.15, 0.2) is 77.6 Å². The number of nitrogens with zero attached hydrogens (tertiary/aromatic N) is 6. The number of nitrogens with one attached hydrogen (secondary N) is 2. The van der Waals surface area contributed by atoms with Crippen molar-refractivity contribution in [2.75, 3.05) is 11.0 Å². The highest BCUT2D eigenvalue weighted by molar-refractivity contribution is 7.92. The Balaban J connectivity index is 1.26. The molecule has 12 nitrogen and oxygen atoms in total. The van der Waals surface area contributed by atoms with Crippen molar-refractivity contribution in [1.82, 2.24) is 34.4 Å². The predicted molar refractivity (Wildman–Crippen MR) is 213 cm³/mol. The summed E-state index contributed by atoms with van der Waals surface area (Å²) in [6.07, 6.45) is -2.86. The van der Waals surface area contributed by atoms with Crippen LogP contribution in [0.5, 0.6) is 0 Å². The third-order valence-electron chi connectivity index (χ3n) is 11.0. The Morgan fingerprint density at radius 1 is 1.00 bits per heavy atom. The molecule has 1 saturated carbocycles. The number of halogens is 8. The number of hydrogen-bond donors (Lipinski definition) is 2. The molecule has 0 spiro atoms. The molecule has 2 aliphatic rings. The molecule has 62 heavy (non-hydrogen) atoms. The third-order valence-corrected chi connectivity index (χ3v) is 11.9. The average Bonchev–Trinajstić information content (AvgIpc) is 3.73. The Morgan fingerprint density at radius 3 is 2.42 bits per heavy atom. The normalized spacial score (nSPS) is 17.1. The third kappa shape index (κ3) is 7.03. The minimum Gasteiger partial charge on any atom is -0.344 e. The summed E-state index contributed by atoms with van der Waals surface area (Å²) in [4.78, 5) is 33.9. The standard InChI is InChI=1S/C41H30ClF7N8O4S/c1-55-35-30(10-9-26(42)33(35)38(53-55)54-62(2,60)61)57-39(51-28-14-19(7-8-23(28)40(57)59)22-5-3-4-6-27(22)45)29(13-18-11-20(43)15-21(44)12-18)50-31(58)17-56-36-32(34(52-56)37(46)47)24-16-25(24)41(36,48)49/h3-12,14-15,24-25,29,37H,13,16-17H2,1-2H3,(H,50,58)(H,53,54)/t24?,25-,29?/m1/s1. The number of rotatable bonds is 11. The molecule has 7 aromatic rings. The van der Waals surface area contributed by atoms with Gasteiger partial charge in [0.05, 0.1) is 44.8 Å². The van der Waals surface area contributed by atoms with E-state index in [-0.39, 0.29) is 72.8 Å². The first-order valence-electron chi connectivity index (χ1n) is 18.8. The van der Waals surface area contributed by atoms with Crippen molar-refractivity contribution in [1.29, 1.82) is 0 Å². The van der Waals surface area contributed by atoms with Crippen molar-refractivity contribution in [3.63, 3.8) is 0 Å². The van der Waals surface area contributed by atoms with Crippen molar-refractivity contribution in [2.45, 2.75) is 43.7 Å². The van der Waals surface area contributed by atoms with E-state index in [2.05, 4.69) is 20.2 Å². The quantitative estimate of drug-likeness (QED) is 0.126. The van der Waals surface area contributed by atoms with Gasteiger partial charge in [-0.2, -0.15) is 19.0 Å². The first-order chi connectivity index (χ1) is 29.3. The summed E-state index contributed by atoms with van der Waals surface area (Å²) in [5.74, 6) is -9.86. The van der Waals surface area contributed by atoms with Gasteiger partial charge in [0, 0.05) is 36.6 Å². The molecule has 3 aromatic heterocycles. The Morgan fingerprint density at radius 2 is 1.73 bits per heavy atom. The number of hydrogen-bond acceptors (Lipinski definition) is 7. The Kier molecular flexibility index (Phi) is 9.73. The van der Waals surface area contributed by atoms with Gasteiger partial charge in [0.15, 0.2) is 5.82 Å². The number of carbonyl (C=O) groups excluding carboxylic acids is 1. The molecule has 9 rings (SSSR count). The molecule has 0 bridgehead atoms. The first-order valence-corrected chi connectivity index (χ1v) is 21.0. The predicted octanol–water partition coefficient (Wildman–Crippen LogP) is 7.82. The molecule has 0 saturated heterocycles. The fourth-order valence-corrected chi connectivity index (χ4v) is 9.18. The van der Waals surface area contributed by atoms with Crippen molar-refractivity contribution >= 4 is 55.2 Å². The van der Waals surface area contributed by atoms with Gasteiger partial charge >= 0.3 is 0 Å². The van der Waals surface area contributed by atoms with E-state index in [1.807, 2.05) is 0 Å². The molecule has 3 heterocycles. The molecule has 1 fully saturated rings. The number of carbonyl (C=O) groups is 1. The Labute approximate surface area is 351 Å². The molecule has 21 heteroatoms. The monoisotopic (exact) mass is 898 g/mol. The van der Waals surface area contributed by atoms with E-state index in [0.717, 1.165) is 23.0 Å². The number of anilines is 1. The highest BCUT2D eigenvalue weighted by Gasteiger charge is 2.67. The smallest absolute Gasteiger partial charge is 0.293 e. The number of alkyl halides is 4. The van der Waals surface area contributed by atoms with Gasteiger partial charge in [0.25, 0.3) is 17.9 Å². The highest BCUT2D eigenvalue weighted by Crippen LogP contribution is 2.68. The lowest BCUT2D eigenvalue weighted by molar-refractivity contribution is -0.123. The fourth-order valence-electron chi connectivity index (χ4n) is 8.44. The van der Waals surface area contributed by atoms with E-state index >= 15 is 13.2 Å². The van der Waals surface area contributed by atoms with Gasteiger partial charge in [-0.25, -0.2) is 35.4 Å². The van der Waals surface area contributed by atoms with E-state index in [0.29, 0.717) is 10.7 Å². The molecule has 320 valence electrons. The summed E-state index contributed by atoms with van der Waals surface area (Å²) in [5.41, 5.74) is -2.41. The number of aromatic nitrogens is 6. The Hall–Kier alpha value is -6.28. The molecule has 0 radical (unpaired) electrons. The van der Waals surface area contributed by atoms with Crippen LogP contribution in [0.3, 0.4) is 0 Å². The lowest BCUT2D eigenvalue weighted by atomic mass is 10.0. The van der Waals surface area contributed by atoms with Gasteiger partial charge in [-0.3, -0.25) is 28.2 Å². The van der Waals surface area contributed by atoms with Gasteiger partial charge < -0.3 is 5.32 Å². The minimum absolute atomic E-state index is 0.00493. The van der Waals surface area contributed by atoms with Gasteiger partial charge in [0.2, 0.25) is 15.9 Å². The zero-order valence-corrected chi connectivity index (χ0v) is 33.7. The lowest BCUT2D eigenvalue weighted by Gasteiger charge is -2.24. The second kappa shape index (κ2) is 14.7. The molecule has 1 amide bonds. The minimum atomic E-state index is -3.93. The summed E-state index contributed by atoms with van der Waals surface area (Å²) < 4.78 is 134. The van der Waals surface area contributed by atoms with E-state index in [9.17, 15) is 35.6 Å². The number of aryl methyl sites for hydroxylation is 1. The van der Waals surface area contributed by atoms with Crippen LogP contribution in [0.25, 0.3) is 38.6 Å². The maximum Gasteiger partial charge on any atom is 0.293 e. The van der Waals surface area contributed by atoms with Crippen LogP contribution < -0.4 is 15.6 Å². The second-order valence-corrected chi connectivity index (χ2v) is 17.4. The average molecular weight is 899 g/mol. The van der Waals surface area contributed by atoms with Gasteiger partial charge in [-0.05, 0) is 65.9 Å². The largest absolute Gasteiger partial charge is 0.344 e.